The van der Waals surface area contributed by atoms with Crippen LogP contribution in [0.2, 0.25) is 0 Å². The van der Waals surface area contributed by atoms with Crippen molar-refractivity contribution < 1.29 is 14.7 Å². The fourth-order valence-electron chi connectivity index (χ4n) is 3.95. The molecule has 0 bridgehead atoms. The molecule has 7 heteroatoms. The third-order valence-electron chi connectivity index (χ3n) is 5.48. The second-order valence-corrected chi connectivity index (χ2v) is 7.50. The maximum atomic E-state index is 12.5. The molecule has 2 heterocycles. The van der Waals surface area contributed by atoms with Gasteiger partial charge in [0, 0.05) is 50.5 Å². The first-order chi connectivity index (χ1) is 14.1. The fourth-order valence-corrected chi connectivity index (χ4v) is 3.95. The topological polar surface area (TPSA) is 76.1 Å². The highest BCUT2D eigenvalue weighted by Crippen LogP contribution is 2.27. The number of amides is 2. The Balaban J connectivity index is 1.30. The van der Waals surface area contributed by atoms with Crippen molar-refractivity contribution in [1.29, 1.82) is 0 Å². The van der Waals surface area contributed by atoms with Crippen LogP contribution in [0.1, 0.15) is 12.8 Å². The SMILES string of the molecule is O=C(CN1CCN(c2ccccc2O)CC1)Nc1cccc(N2CCCC2=O)c1. The molecule has 0 unspecified atom stereocenters. The van der Waals surface area contributed by atoms with Crippen molar-refractivity contribution in [3.63, 3.8) is 0 Å². The molecule has 0 atom stereocenters. The van der Waals surface area contributed by atoms with E-state index in [1.54, 1.807) is 11.0 Å². The Morgan fingerprint density at radius 2 is 1.79 bits per heavy atom. The van der Waals surface area contributed by atoms with Crippen molar-refractivity contribution in [1.82, 2.24) is 4.90 Å². The van der Waals surface area contributed by atoms with Gasteiger partial charge >= 0.3 is 0 Å². The summed E-state index contributed by atoms with van der Waals surface area (Å²) in [5, 5.41) is 13.0. The van der Waals surface area contributed by atoms with Crippen LogP contribution in [0, 0.1) is 0 Å². The van der Waals surface area contributed by atoms with Gasteiger partial charge in [-0.15, -0.1) is 0 Å². The zero-order valence-corrected chi connectivity index (χ0v) is 16.4. The van der Waals surface area contributed by atoms with E-state index in [1.807, 2.05) is 42.5 Å². The number of hydrogen-bond donors (Lipinski definition) is 2. The maximum Gasteiger partial charge on any atom is 0.238 e. The van der Waals surface area contributed by atoms with Crippen molar-refractivity contribution in [3.05, 3.63) is 48.5 Å². The van der Waals surface area contributed by atoms with E-state index < -0.39 is 0 Å². The summed E-state index contributed by atoms with van der Waals surface area (Å²) in [5.74, 6) is 0.358. The van der Waals surface area contributed by atoms with Gasteiger partial charge in [0.1, 0.15) is 5.75 Å². The normalized spacial score (nSPS) is 17.6. The molecule has 0 spiro atoms. The molecule has 7 nitrogen and oxygen atoms in total. The lowest BCUT2D eigenvalue weighted by molar-refractivity contribution is -0.118. The zero-order chi connectivity index (χ0) is 20.2. The second kappa shape index (κ2) is 8.53. The number of carbonyl (C=O) groups is 2. The lowest BCUT2D eigenvalue weighted by Crippen LogP contribution is -2.48. The standard InChI is InChI=1S/C22H26N4O3/c27-20-8-2-1-7-19(20)25-13-11-24(12-14-25)16-21(28)23-17-5-3-6-18(15-17)26-10-4-9-22(26)29/h1-3,5-8,15,27H,4,9-14,16H2,(H,23,28). The maximum absolute atomic E-state index is 12.5. The van der Waals surface area contributed by atoms with Crippen LogP contribution in [-0.4, -0.2) is 61.1 Å². The molecule has 0 radical (unpaired) electrons. The zero-order valence-electron chi connectivity index (χ0n) is 16.4. The number of carbonyl (C=O) groups excluding carboxylic acids is 2. The van der Waals surface area contributed by atoms with Crippen molar-refractivity contribution >= 4 is 28.9 Å². The minimum Gasteiger partial charge on any atom is -0.506 e. The number of piperazine rings is 1. The van der Waals surface area contributed by atoms with E-state index in [0.717, 1.165) is 50.5 Å². The third-order valence-corrected chi connectivity index (χ3v) is 5.48. The smallest absolute Gasteiger partial charge is 0.238 e. The predicted molar refractivity (Wildman–Crippen MR) is 113 cm³/mol. The van der Waals surface area contributed by atoms with E-state index in [4.69, 9.17) is 0 Å². The van der Waals surface area contributed by atoms with E-state index in [2.05, 4.69) is 15.1 Å². The van der Waals surface area contributed by atoms with Gasteiger partial charge in [-0.05, 0) is 36.8 Å². The van der Waals surface area contributed by atoms with Crippen LogP contribution in [0.25, 0.3) is 0 Å². The molecule has 2 N–H and O–H groups in total. The molecule has 2 amide bonds. The number of rotatable bonds is 5. The summed E-state index contributed by atoms with van der Waals surface area (Å²) >= 11 is 0. The molecule has 152 valence electrons. The average Bonchev–Trinajstić information content (AvgIpc) is 3.15. The largest absolute Gasteiger partial charge is 0.506 e. The monoisotopic (exact) mass is 394 g/mol. The lowest BCUT2D eigenvalue weighted by atomic mass is 10.2. The minimum atomic E-state index is -0.0640. The number of phenols is 1. The van der Waals surface area contributed by atoms with Crippen LogP contribution < -0.4 is 15.1 Å². The van der Waals surface area contributed by atoms with Gasteiger partial charge in [0.05, 0.1) is 12.2 Å². The first-order valence-electron chi connectivity index (χ1n) is 10.1. The molecule has 2 aromatic rings. The molecular formula is C22H26N4O3. The van der Waals surface area contributed by atoms with Crippen LogP contribution in [0.4, 0.5) is 17.1 Å². The highest BCUT2D eigenvalue weighted by Gasteiger charge is 2.23. The Bertz CT molecular complexity index is 893. The summed E-state index contributed by atoms with van der Waals surface area (Å²) in [6, 6.07) is 14.8. The van der Waals surface area contributed by atoms with Gasteiger partial charge in [-0.25, -0.2) is 0 Å². The van der Waals surface area contributed by atoms with Gasteiger partial charge in [-0.2, -0.15) is 0 Å². The quantitative estimate of drug-likeness (QED) is 0.814. The number of nitrogens with one attached hydrogen (secondary N) is 1. The van der Waals surface area contributed by atoms with Crippen LogP contribution in [-0.2, 0) is 9.59 Å². The summed E-state index contributed by atoms with van der Waals surface area (Å²) in [4.78, 5) is 30.5. The van der Waals surface area contributed by atoms with E-state index in [0.29, 0.717) is 18.7 Å². The molecular weight excluding hydrogens is 368 g/mol. The van der Waals surface area contributed by atoms with Gasteiger partial charge in [0.15, 0.2) is 0 Å². The van der Waals surface area contributed by atoms with Gasteiger partial charge < -0.3 is 20.2 Å². The molecule has 29 heavy (non-hydrogen) atoms. The lowest BCUT2D eigenvalue weighted by Gasteiger charge is -2.35. The molecule has 2 saturated heterocycles. The number of phenolic OH excluding ortho intramolecular Hbond substituents is 1. The van der Waals surface area contributed by atoms with Crippen LogP contribution in [0.3, 0.4) is 0 Å². The highest BCUT2D eigenvalue weighted by atomic mass is 16.3. The summed E-state index contributed by atoms with van der Waals surface area (Å²) in [6.07, 6.45) is 1.46. The van der Waals surface area contributed by atoms with E-state index >= 15 is 0 Å². The van der Waals surface area contributed by atoms with Gasteiger partial charge in [-0.3, -0.25) is 14.5 Å². The molecule has 4 rings (SSSR count). The third kappa shape index (κ3) is 4.51. The Hall–Kier alpha value is -3.06. The summed E-state index contributed by atoms with van der Waals surface area (Å²) < 4.78 is 0. The number of para-hydroxylation sites is 2. The highest BCUT2D eigenvalue weighted by molar-refractivity contribution is 5.97. The number of anilines is 3. The second-order valence-electron chi connectivity index (χ2n) is 7.50. The first kappa shape index (κ1) is 19.3. The van der Waals surface area contributed by atoms with Crippen molar-refractivity contribution in [2.24, 2.45) is 0 Å². The Morgan fingerprint density at radius 3 is 2.52 bits per heavy atom. The number of benzene rings is 2. The van der Waals surface area contributed by atoms with E-state index in [1.165, 1.54) is 0 Å². The molecule has 0 saturated carbocycles. The van der Waals surface area contributed by atoms with Crippen LogP contribution in [0.5, 0.6) is 5.75 Å². The van der Waals surface area contributed by atoms with Crippen LogP contribution in [0.15, 0.2) is 48.5 Å². The Kier molecular flexibility index (Phi) is 5.67. The first-order valence-corrected chi connectivity index (χ1v) is 10.1. The molecule has 2 fully saturated rings. The molecule has 2 aromatic carbocycles. The van der Waals surface area contributed by atoms with Crippen molar-refractivity contribution in [2.75, 3.05) is 54.4 Å². The van der Waals surface area contributed by atoms with E-state index in [-0.39, 0.29) is 17.6 Å². The van der Waals surface area contributed by atoms with Crippen LogP contribution >= 0.6 is 0 Å². The molecule has 2 aliphatic rings. The number of aromatic hydroxyl groups is 1. The Morgan fingerprint density at radius 1 is 1.00 bits per heavy atom. The fraction of sp³-hybridized carbons (Fsp3) is 0.364. The van der Waals surface area contributed by atoms with Crippen molar-refractivity contribution in [2.45, 2.75) is 12.8 Å². The molecule has 2 aliphatic heterocycles. The summed E-state index contributed by atoms with van der Waals surface area (Å²) in [7, 11) is 0. The van der Waals surface area contributed by atoms with Crippen molar-refractivity contribution in [3.8, 4) is 5.75 Å². The number of nitrogens with zero attached hydrogens (tertiary/aromatic N) is 3. The summed E-state index contributed by atoms with van der Waals surface area (Å²) in [6.45, 7) is 4.09. The van der Waals surface area contributed by atoms with Gasteiger partial charge in [0.25, 0.3) is 0 Å². The molecule has 0 aliphatic carbocycles. The predicted octanol–water partition coefficient (Wildman–Crippen LogP) is 2.28. The Labute approximate surface area is 170 Å². The summed E-state index contributed by atoms with van der Waals surface area (Å²) in [5.41, 5.74) is 2.38. The average molecular weight is 394 g/mol. The van der Waals surface area contributed by atoms with Gasteiger partial charge in [-0.1, -0.05) is 18.2 Å². The number of hydrogen-bond acceptors (Lipinski definition) is 5. The minimum absolute atomic E-state index is 0.0640. The molecule has 0 aromatic heterocycles. The van der Waals surface area contributed by atoms with E-state index in [9.17, 15) is 14.7 Å². The van der Waals surface area contributed by atoms with Gasteiger partial charge in [0.2, 0.25) is 11.8 Å².